The Hall–Kier alpha value is -3.46. The van der Waals surface area contributed by atoms with Crippen LogP contribution in [0.3, 0.4) is 0 Å². The molecule has 0 saturated carbocycles. The van der Waals surface area contributed by atoms with Crippen molar-refractivity contribution >= 4 is 28.7 Å². The molecule has 1 N–H and O–H groups in total. The second-order valence-electron chi connectivity index (χ2n) is 13.6. The van der Waals surface area contributed by atoms with Crippen LogP contribution in [0.2, 0.25) is 0 Å². The monoisotopic (exact) mass is 678 g/mol. The van der Waals surface area contributed by atoms with Gasteiger partial charge in [0, 0.05) is 50.8 Å². The van der Waals surface area contributed by atoms with Crippen molar-refractivity contribution in [1.29, 1.82) is 0 Å². The van der Waals surface area contributed by atoms with E-state index in [1.165, 1.54) is 102 Å². The summed E-state index contributed by atoms with van der Waals surface area (Å²) in [4.78, 5) is 29.3. The average Bonchev–Trinajstić information content (AvgIpc) is 3.53. The van der Waals surface area contributed by atoms with Crippen molar-refractivity contribution in [2.24, 2.45) is 0 Å². The van der Waals surface area contributed by atoms with Gasteiger partial charge >= 0.3 is 6.09 Å². The highest BCUT2D eigenvalue weighted by atomic mass is 19.1. The maximum atomic E-state index is 13.1. The molecular weight excluding hydrogens is 619 g/mol. The molecule has 4 rings (SSSR count). The third-order valence-corrected chi connectivity index (χ3v) is 9.65. The molecule has 270 valence electrons. The van der Waals surface area contributed by atoms with E-state index in [9.17, 15) is 14.0 Å². The number of benzene rings is 2. The van der Waals surface area contributed by atoms with Crippen molar-refractivity contribution in [2.45, 2.75) is 122 Å². The lowest BCUT2D eigenvalue weighted by atomic mass is 10.0. The zero-order chi connectivity index (χ0) is 34.5. The van der Waals surface area contributed by atoms with Crippen LogP contribution in [0.5, 0.6) is 5.75 Å². The molecule has 3 aromatic rings. The predicted molar refractivity (Wildman–Crippen MR) is 196 cm³/mol. The SMILES string of the molecule is CCCCCCCCCCCCCCCCCCNC(=O)Oc1ccc2c(N3CCN(CCCC(=O)c4ccc(F)cc4)CC3)noc2c1. The number of piperazine rings is 1. The molecule has 0 spiro atoms. The van der Waals surface area contributed by atoms with Gasteiger partial charge in [0.25, 0.3) is 0 Å². The fraction of sp³-hybridized carbons (Fsp3) is 0.625. The molecule has 49 heavy (non-hydrogen) atoms. The molecule has 0 unspecified atom stereocenters. The number of Topliss-reactive ketones (excluding diaryl/α,β-unsaturated/α-hetero) is 1. The number of rotatable bonds is 24. The molecule has 9 heteroatoms. The lowest BCUT2D eigenvalue weighted by Gasteiger charge is -2.34. The van der Waals surface area contributed by atoms with Gasteiger partial charge in [-0.1, -0.05) is 108 Å². The van der Waals surface area contributed by atoms with Gasteiger partial charge in [-0.3, -0.25) is 9.69 Å². The Balaban J connectivity index is 1.02. The number of nitrogens with one attached hydrogen (secondary N) is 1. The number of aromatic nitrogens is 1. The molecule has 1 amide bonds. The van der Waals surface area contributed by atoms with Gasteiger partial charge in [0.1, 0.15) is 11.6 Å². The Kier molecular flexibility index (Phi) is 17.4. The lowest BCUT2D eigenvalue weighted by molar-refractivity contribution is 0.0974. The second kappa shape index (κ2) is 22.3. The largest absolute Gasteiger partial charge is 0.412 e. The number of nitrogens with zero attached hydrogens (tertiary/aromatic N) is 3. The number of carbonyl (C=O) groups excluding carboxylic acids is 2. The summed E-state index contributed by atoms with van der Waals surface area (Å²) in [6.07, 6.45) is 22.0. The van der Waals surface area contributed by atoms with Crippen LogP contribution in [-0.4, -0.2) is 61.2 Å². The van der Waals surface area contributed by atoms with Crippen LogP contribution in [-0.2, 0) is 0 Å². The van der Waals surface area contributed by atoms with Gasteiger partial charge in [-0.05, 0) is 55.8 Å². The third kappa shape index (κ3) is 14.1. The van der Waals surface area contributed by atoms with Crippen molar-refractivity contribution in [1.82, 2.24) is 15.4 Å². The van der Waals surface area contributed by atoms with E-state index >= 15 is 0 Å². The van der Waals surface area contributed by atoms with E-state index in [1.54, 1.807) is 24.3 Å². The van der Waals surface area contributed by atoms with Gasteiger partial charge in [-0.25, -0.2) is 9.18 Å². The van der Waals surface area contributed by atoms with Crippen molar-refractivity contribution in [3.8, 4) is 5.75 Å². The zero-order valence-corrected chi connectivity index (χ0v) is 29.9. The minimum Gasteiger partial charge on any atom is -0.410 e. The molecule has 0 atom stereocenters. The third-order valence-electron chi connectivity index (χ3n) is 9.65. The smallest absolute Gasteiger partial charge is 0.410 e. The molecule has 1 fully saturated rings. The van der Waals surface area contributed by atoms with Crippen LogP contribution in [0.1, 0.15) is 133 Å². The van der Waals surface area contributed by atoms with Crippen LogP contribution < -0.4 is 15.0 Å². The first-order valence-corrected chi connectivity index (χ1v) is 19.1. The van der Waals surface area contributed by atoms with E-state index in [0.717, 1.165) is 63.2 Å². The molecule has 2 aromatic carbocycles. The summed E-state index contributed by atoms with van der Waals surface area (Å²) in [6, 6.07) is 11.1. The Bertz CT molecular complexity index is 1370. The molecule has 1 saturated heterocycles. The standard InChI is InChI=1S/C40H59FN4O4/c1-2-3-4-5-6-7-8-9-10-11-12-13-14-15-16-17-26-42-40(47)48-35-24-25-36-38(32-35)49-43-39(36)45-30-28-44(29-31-45)27-18-19-37(46)33-20-22-34(41)23-21-33/h20-25,32H,2-19,26-31H2,1H3,(H,42,47). The Morgan fingerprint density at radius 2 is 1.37 bits per heavy atom. The van der Waals surface area contributed by atoms with Crippen molar-refractivity contribution in [2.75, 3.05) is 44.2 Å². The van der Waals surface area contributed by atoms with Crippen molar-refractivity contribution in [3.05, 3.63) is 53.8 Å². The Labute approximate surface area is 293 Å². The first kappa shape index (κ1) is 38.3. The fourth-order valence-electron chi connectivity index (χ4n) is 6.63. The van der Waals surface area contributed by atoms with Crippen LogP contribution >= 0.6 is 0 Å². The van der Waals surface area contributed by atoms with E-state index in [0.29, 0.717) is 29.9 Å². The molecule has 0 radical (unpaired) electrons. The molecule has 2 heterocycles. The van der Waals surface area contributed by atoms with E-state index in [4.69, 9.17) is 9.26 Å². The molecule has 0 aliphatic carbocycles. The number of ketones is 1. The van der Waals surface area contributed by atoms with Gasteiger partial charge in [-0.15, -0.1) is 0 Å². The number of unbranched alkanes of at least 4 members (excludes halogenated alkanes) is 15. The van der Waals surface area contributed by atoms with Crippen molar-refractivity contribution in [3.63, 3.8) is 0 Å². The van der Waals surface area contributed by atoms with E-state index in [1.807, 2.05) is 6.07 Å². The number of anilines is 1. The minimum absolute atomic E-state index is 0.0453. The van der Waals surface area contributed by atoms with Gasteiger partial charge in [0.2, 0.25) is 0 Å². The Morgan fingerprint density at radius 1 is 0.776 bits per heavy atom. The zero-order valence-electron chi connectivity index (χ0n) is 29.9. The maximum absolute atomic E-state index is 13.1. The lowest BCUT2D eigenvalue weighted by Crippen LogP contribution is -2.46. The average molecular weight is 679 g/mol. The molecule has 8 nitrogen and oxygen atoms in total. The van der Waals surface area contributed by atoms with E-state index in [2.05, 4.69) is 27.2 Å². The summed E-state index contributed by atoms with van der Waals surface area (Å²) in [6.45, 7) is 7.05. The predicted octanol–water partition coefficient (Wildman–Crippen LogP) is 10.1. The molecule has 0 bridgehead atoms. The minimum atomic E-state index is -0.449. The number of carbonyl (C=O) groups is 2. The van der Waals surface area contributed by atoms with Crippen LogP contribution in [0.25, 0.3) is 11.0 Å². The second-order valence-corrected chi connectivity index (χ2v) is 13.6. The molecular formula is C40H59FN4O4. The quantitative estimate of drug-likeness (QED) is 0.0745. The summed E-state index contributed by atoms with van der Waals surface area (Å²) < 4.78 is 24.2. The normalized spacial score (nSPS) is 13.6. The van der Waals surface area contributed by atoms with Crippen LogP contribution in [0.15, 0.2) is 47.0 Å². The number of fused-ring (bicyclic) bond motifs is 1. The summed E-state index contributed by atoms with van der Waals surface area (Å²) in [5.74, 6) is 0.936. The van der Waals surface area contributed by atoms with Gasteiger partial charge in [0.15, 0.2) is 17.2 Å². The number of hydrogen-bond donors (Lipinski definition) is 1. The number of halogens is 1. The van der Waals surface area contributed by atoms with Gasteiger partial charge in [0.05, 0.1) is 5.39 Å². The summed E-state index contributed by atoms with van der Waals surface area (Å²) in [5, 5.41) is 8.08. The highest BCUT2D eigenvalue weighted by Gasteiger charge is 2.22. The topological polar surface area (TPSA) is 87.9 Å². The van der Waals surface area contributed by atoms with Crippen LogP contribution in [0, 0.1) is 5.82 Å². The summed E-state index contributed by atoms with van der Waals surface area (Å²) >= 11 is 0. The molecule has 1 aliphatic rings. The van der Waals surface area contributed by atoms with E-state index in [-0.39, 0.29) is 11.6 Å². The van der Waals surface area contributed by atoms with Crippen LogP contribution in [0.4, 0.5) is 15.0 Å². The fourth-order valence-corrected chi connectivity index (χ4v) is 6.63. The van der Waals surface area contributed by atoms with Gasteiger partial charge in [-0.2, -0.15) is 0 Å². The molecule has 1 aliphatic heterocycles. The first-order valence-electron chi connectivity index (χ1n) is 19.1. The van der Waals surface area contributed by atoms with Gasteiger partial charge < -0.3 is 19.5 Å². The van der Waals surface area contributed by atoms with E-state index < -0.39 is 6.09 Å². The Morgan fingerprint density at radius 3 is 1.98 bits per heavy atom. The van der Waals surface area contributed by atoms with Crippen molar-refractivity contribution < 1.29 is 23.2 Å². The highest BCUT2D eigenvalue weighted by molar-refractivity contribution is 5.96. The number of ether oxygens (including phenoxy) is 1. The number of amides is 1. The molecule has 1 aromatic heterocycles. The summed E-state index contributed by atoms with van der Waals surface area (Å²) in [7, 11) is 0. The first-order chi connectivity index (χ1) is 24.0. The summed E-state index contributed by atoms with van der Waals surface area (Å²) in [5.41, 5.74) is 1.14. The number of hydrogen-bond acceptors (Lipinski definition) is 7. The maximum Gasteiger partial charge on any atom is 0.412 e. The highest BCUT2D eigenvalue weighted by Crippen LogP contribution is 2.30.